The number of benzene rings is 1. The van der Waals surface area contributed by atoms with E-state index in [4.69, 9.17) is 9.47 Å². The van der Waals surface area contributed by atoms with Gasteiger partial charge in [0, 0.05) is 23.3 Å². The van der Waals surface area contributed by atoms with E-state index < -0.39 is 0 Å². The van der Waals surface area contributed by atoms with Crippen LogP contribution < -0.4 is 14.8 Å². The summed E-state index contributed by atoms with van der Waals surface area (Å²) in [7, 11) is 0. The fourth-order valence-electron chi connectivity index (χ4n) is 2.63. The number of thiazole rings is 1. The molecule has 2 aromatic heterocycles. The van der Waals surface area contributed by atoms with Crippen molar-refractivity contribution in [2.75, 3.05) is 18.5 Å². The predicted molar refractivity (Wildman–Crippen MR) is 98.8 cm³/mol. The molecule has 0 saturated carbocycles. The number of amides is 1. The summed E-state index contributed by atoms with van der Waals surface area (Å²) in [6, 6.07) is 5.37. The molecule has 0 saturated heterocycles. The fraction of sp³-hybridized carbons (Fsp3) is 0.278. The van der Waals surface area contributed by atoms with Gasteiger partial charge in [-0.15, -0.1) is 11.3 Å². The Labute approximate surface area is 154 Å². The van der Waals surface area contributed by atoms with E-state index >= 15 is 0 Å². The lowest BCUT2D eigenvalue weighted by Gasteiger charge is -2.19. The highest BCUT2D eigenvalue weighted by Crippen LogP contribution is 2.32. The van der Waals surface area contributed by atoms with Gasteiger partial charge in [0.1, 0.15) is 30.5 Å². The van der Waals surface area contributed by atoms with Gasteiger partial charge >= 0.3 is 0 Å². The van der Waals surface area contributed by atoms with Crippen molar-refractivity contribution in [2.24, 2.45) is 0 Å². The molecule has 4 rings (SSSR count). The third-order valence-electron chi connectivity index (χ3n) is 3.92. The zero-order valence-corrected chi connectivity index (χ0v) is 15.1. The second kappa shape index (κ2) is 7.17. The lowest BCUT2D eigenvalue weighted by atomic mass is 10.2. The molecule has 26 heavy (non-hydrogen) atoms. The molecule has 0 fully saturated rings. The molecule has 0 aliphatic carbocycles. The van der Waals surface area contributed by atoms with Gasteiger partial charge in [0.15, 0.2) is 11.5 Å². The molecule has 1 aliphatic heterocycles. The second-order valence-corrected chi connectivity index (χ2v) is 6.69. The van der Waals surface area contributed by atoms with Gasteiger partial charge in [-0.05, 0) is 18.6 Å². The molecule has 0 atom stereocenters. The number of fused-ring (bicyclic) bond motifs is 1. The Balaban J connectivity index is 1.40. The van der Waals surface area contributed by atoms with Crippen LogP contribution in [0.15, 0.2) is 36.1 Å². The van der Waals surface area contributed by atoms with Gasteiger partial charge in [-0.1, -0.05) is 6.92 Å². The maximum absolute atomic E-state index is 12.3. The lowest BCUT2D eigenvalue weighted by molar-refractivity contribution is -0.116. The molecule has 1 amide bonds. The predicted octanol–water partition coefficient (Wildman–Crippen LogP) is 2.98. The van der Waals surface area contributed by atoms with Crippen molar-refractivity contribution in [3.63, 3.8) is 0 Å². The number of hydrogen-bond donors (Lipinski definition) is 1. The first-order chi connectivity index (χ1) is 12.7. The average molecular weight is 370 g/mol. The SMILES string of the molecule is CCc1csc(-c2cn(CC(=O)Nc3ccc4c(c3)OCCO4)cn2)n1. The van der Waals surface area contributed by atoms with Crippen LogP contribution in [0.2, 0.25) is 0 Å². The Bertz CT molecular complexity index is 934. The van der Waals surface area contributed by atoms with Crippen LogP contribution in [0.5, 0.6) is 11.5 Å². The normalized spacial score (nSPS) is 12.8. The van der Waals surface area contributed by atoms with Crippen LogP contribution in [0.3, 0.4) is 0 Å². The number of hydrogen-bond acceptors (Lipinski definition) is 6. The first kappa shape index (κ1) is 16.6. The third kappa shape index (κ3) is 3.55. The first-order valence-corrected chi connectivity index (χ1v) is 9.25. The van der Waals surface area contributed by atoms with E-state index in [1.54, 1.807) is 40.4 Å². The van der Waals surface area contributed by atoms with Crippen molar-refractivity contribution >= 4 is 22.9 Å². The van der Waals surface area contributed by atoms with E-state index in [1.165, 1.54) is 0 Å². The summed E-state index contributed by atoms with van der Waals surface area (Å²) in [4.78, 5) is 21.2. The van der Waals surface area contributed by atoms with Gasteiger partial charge in [0.2, 0.25) is 5.91 Å². The quantitative estimate of drug-likeness (QED) is 0.747. The van der Waals surface area contributed by atoms with Crippen molar-refractivity contribution in [1.29, 1.82) is 0 Å². The molecule has 0 bridgehead atoms. The molecule has 0 unspecified atom stereocenters. The highest BCUT2D eigenvalue weighted by atomic mass is 32.1. The van der Waals surface area contributed by atoms with Gasteiger partial charge < -0.3 is 19.4 Å². The fourth-order valence-corrected chi connectivity index (χ4v) is 3.49. The minimum atomic E-state index is -0.140. The largest absolute Gasteiger partial charge is 0.486 e. The molecule has 3 aromatic rings. The van der Waals surface area contributed by atoms with Crippen LogP contribution in [0.25, 0.3) is 10.7 Å². The van der Waals surface area contributed by atoms with Crippen molar-refractivity contribution in [1.82, 2.24) is 14.5 Å². The Morgan fingerprint density at radius 3 is 2.96 bits per heavy atom. The summed E-state index contributed by atoms with van der Waals surface area (Å²) in [5, 5.41) is 5.77. The number of ether oxygens (including phenoxy) is 2. The Hall–Kier alpha value is -2.87. The number of nitrogens with one attached hydrogen (secondary N) is 1. The average Bonchev–Trinajstić information content (AvgIpc) is 3.30. The van der Waals surface area contributed by atoms with Crippen molar-refractivity contribution in [2.45, 2.75) is 19.9 Å². The molecule has 1 aromatic carbocycles. The Morgan fingerprint density at radius 2 is 2.15 bits per heavy atom. The molecule has 1 N–H and O–H groups in total. The van der Waals surface area contributed by atoms with Gasteiger partial charge in [0.05, 0.1) is 12.0 Å². The zero-order chi connectivity index (χ0) is 17.9. The molecular formula is C18H18N4O3S. The first-order valence-electron chi connectivity index (χ1n) is 8.37. The van der Waals surface area contributed by atoms with E-state index in [2.05, 4.69) is 22.2 Å². The van der Waals surface area contributed by atoms with E-state index in [1.807, 2.05) is 11.6 Å². The van der Waals surface area contributed by atoms with Crippen molar-refractivity contribution < 1.29 is 14.3 Å². The van der Waals surface area contributed by atoms with Gasteiger partial charge in [-0.3, -0.25) is 4.79 Å². The molecule has 134 valence electrons. The highest BCUT2D eigenvalue weighted by molar-refractivity contribution is 7.13. The van der Waals surface area contributed by atoms with Crippen LogP contribution in [-0.2, 0) is 17.8 Å². The summed E-state index contributed by atoms with van der Waals surface area (Å²) >= 11 is 1.56. The van der Waals surface area contributed by atoms with Crippen LogP contribution in [-0.4, -0.2) is 33.7 Å². The van der Waals surface area contributed by atoms with Gasteiger partial charge in [-0.25, -0.2) is 9.97 Å². The topological polar surface area (TPSA) is 78.3 Å². The maximum Gasteiger partial charge on any atom is 0.244 e. The number of anilines is 1. The van der Waals surface area contributed by atoms with Crippen LogP contribution in [0.1, 0.15) is 12.6 Å². The monoisotopic (exact) mass is 370 g/mol. The standard InChI is InChI=1S/C18H18N4O3S/c1-2-12-10-26-18(21-12)14-8-22(11-19-14)9-17(23)20-13-3-4-15-16(7-13)25-6-5-24-15/h3-4,7-8,10-11H,2,5-6,9H2,1H3,(H,20,23). The lowest BCUT2D eigenvalue weighted by Crippen LogP contribution is -2.19. The number of imidazole rings is 1. The number of aromatic nitrogens is 3. The number of nitrogens with zero attached hydrogens (tertiary/aromatic N) is 3. The van der Waals surface area contributed by atoms with Crippen LogP contribution >= 0.6 is 11.3 Å². The summed E-state index contributed by atoms with van der Waals surface area (Å²) in [6.45, 7) is 3.30. The molecule has 8 heteroatoms. The third-order valence-corrected chi connectivity index (χ3v) is 4.83. The van der Waals surface area contributed by atoms with Crippen molar-refractivity contribution in [3.8, 4) is 22.2 Å². The van der Waals surface area contributed by atoms with Gasteiger partial charge in [0.25, 0.3) is 0 Å². The highest BCUT2D eigenvalue weighted by Gasteiger charge is 2.13. The summed E-state index contributed by atoms with van der Waals surface area (Å²) in [5.74, 6) is 1.21. The van der Waals surface area contributed by atoms with E-state index in [0.717, 1.165) is 22.8 Å². The summed E-state index contributed by atoms with van der Waals surface area (Å²) in [5.41, 5.74) is 2.50. The number of aryl methyl sites for hydroxylation is 1. The van der Waals surface area contributed by atoms with E-state index in [-0.39, 0.29) is 12.5 Å². The number of carbonyl (C=O) groups is 1. The van der Waals surface area contributed by atoms with Crippen molar-refractivity contribution in [3.05, 3.63) is 41.8 Å². The second-order valence-electron chi connectivity index (χ2n) is 5.84. The van der Waals surface area contributed by atoms with Gasteiger partial charge in [-0.2, -0.15) is 0 Å². The smallest absolute Gasteiger partial charge is 0.244 e. The summed E-state index contributed by atoms with van der Waals surface area (Å²) < 4.78 is 12.8. The maximum atomic E-state index is 12.3. The number of carbonyl (C=O) groups excluding carboxylic acids is 1. The molecule has 1 aliphatic rings. The zero-order valence-electron chi connectivity index (χ0n) is 14.3. The Morgan fingerprint density at radius 1 is 1.31 bits per heavy atom. The van der Waals surface area contributed by atoms with Crippen LogP contribution in [0.4, 0.5) is 5.69 Å². The summed E-state index contributed by atoms with van der Waals surface area (Å²) in [6.07, 6.45) is 4.38. The molecule has 3 heterocycles. The molecule has 0 spiro atoms. The van der Waals surface area contributed by atoms with E-state index in [9.17, 15) is 4.79 Å². The minimum Gasteiger partial charge on any atom is -0.486 e. The molecule has 7 nitrogen and oxygen atoms in total. The Kier molecular flexibility index (Phi) is 4.57. The van der Waals surface area contributed by atoms with E-state index in [0.29, 0.717) is 30.4 Å². The van der Waals surface area contributed by atoms with Crippen LogP contribution in [0, 0.1) is 0 Å². The minimum absolute atomic E-state index is 0.140. The number of rotatable bonds is 5. The molecular weight excluding hydrogens is 352 g/mol. The molecule has 0 radical (unpaired) electrons.